The zero-order valence-electron chi connectivity index (χ0n) is 16.1. The number of halogens is 1. The van der Waals surface area contributed by atoms with Crippen molar-refractivity contribution in [2.75, 3.05) is 13.0 Å². The topological polar surface area (TPSA) is 99.7 Å². The smallest absolute Gasteiger partial charge is 0.335 e. The molecule has 154 valence electrons. The van der Waals surface area contributed by atoms with Crippen LogP contribution in [0.4, 0.5) is 0 Å². The Morgan fingerprint density at radius 3 is 2.50 bits per heavy atom. The lowest BCUT2D eigenvalue weighted by Gasteiger charge is -2.40. The summed E-state index contributed by atoms with van der Waals surface area (Å²) in [6, 6.07) is 12.5. The van der Waals surface area contributed by atoms with Crippen LogP contribution in [0.2, 0.25) is 0 Å². The molecule has 30 heavy (non-hydrogen) atoms. The molecule has 4 rings (SSSR count). The van der Waals surface area contributed by atoms with E-state index in [1.54, 1.807) is 12.1 Å². The zero-order valence-corrected chi connectivity index (χ0v) is 16.8. The molecule has 0 saturated heterocycles. The Labute approximate surface area is 177 Å². The number of nitrogens with one attached hydrogen (secondary N) is 1. The minimum absolute atomic E-state index is 0.131. The third kappa shape index (κ3) is 3.21. The van der Waals surface area contributed by atoms with Crippen molar-refractivity contribution in [3.8, 4) is 0 Å². The monoisotopic (exact) mass is 426 g/mol. The van der Waals surface area contributed by atoms with Gasteiger partial charge in [0.1, 0.15) is 11.9 Å². The van der Waals surface area contributed by atoms with Crippen LogP contribution in [0.3, 0.4) is 0 Å². The molecule has 2 heterocycles. The van der Waals surface area contributed by atoms with E-state index < -0.39 is 29.9 Å². The molecule has 3 aromatic rings. The van der Waals surface area contributed by atoms with E-state index in [9.17, 15) is 19.5 Å². The van der Waals surface area contributed by atoms with Gasteiger partial charge in [0, 0.05) is 23.0 Å². The molecular formula is C22H19ClN2O5. The van der Waals surface area contributed by atoms with Gasteiger partial charge in [-0.3, -0.25) is 4.79 Å². The van der Waals surface area contributed by atoms with Crippen LogP contribution in [-0.2, 0) is 20.7 Å². The Morgan fingerprint density at radius 2 is 1.87 bits per heavy atom. The third-order valence-corrected chi connectivity index (χ3v) is 5.71. The Morgan fingerprint density at radius 1 is 1.17 bits per heavy atom. The van der Waals surface area contributed by atoms with Crippen molar-refractivity contribution < 1.29 is 24.2 Å². The fraction of sp³-hybridized carbons (Fsp3) is 0.227. The van der Waals surface area contributed by atoms with E-state index in [-0.39, 0.29) is 11.4 Å². The molecule has 0 unspecified atom stereocenters. The minimum atomic E-state index is -1.04. The van der Waals surface area contributed by atoms with Crippen molar-refractivity contribution in [2.24, 2.45) is 0 Å². The summed E-state index contributed by atoms with van der Waals surface area (Å²) in [6.45, 7) is 0. The van der Waals surface area contributed by atoms with Crippen molar-refractivity contribution in [2.45, 2.75) is 18.5 Å². The van der Waals surface area contributed by atoms with Gasteiger partial charge in [0.15, 0.2) is 0 Å². The van der Waals surface area contributed by atoms with Crippen LogP contribution >= 0.6 is 11.6 Å². The quantitative estimate of drug-likeness (QED) is 0.493. The highest BCUT2D eigenvalue weighted by Gasteiger charge is 2.43. The summed E-state index contributed by atoms with van der Waals surface area (Å²) in [5.41, 5.74) is 3.38. The molecule has 1 amide bonds. The average Bonchev–Trinajstić information content (AvgIpc) is 3.15. The molecule has 0 spiro atoms. The predicted molar refractivity (Wildman–Crippen MR) is 111 cm³/mol. The number of ether oxygens (including phenoxy) is 1. The van der Waals surface area contributed by atoms with Crippen LogP contribution in [0.15, 0.2) is 48.5 Å². The number of carbonyl (C=O) groups is 3. The Bertz CT molecular complexity index is 1140. The van der Waals surface area contributed by atoms with E-state index >= 15 is 0 Å². The van der Waals surface area contributed by atoms with Gasteiger partial charge in [-0.05, 0) is 29.3 Å². The van der Waals surface area contributed by atoms with Crippen molar-refractivity contribution in [1.29, 1.82) is 0 Å². The Balaban J connectivity index is 1.95. The number of rotatable bonds is 4. The number of para-hydroxylation sites is 1. The van der Waals surface area contributed by atoms with Gasteiger partial charge >= 0.3 is 11.9 Å². The third-order valence-electron chi connectivity index (χ3n) is 5.48. The molecule has 0 aliphatic carbocycles. The number of carboxylic acids is 1. The molecule has 2 atom stereocenters. The van der Waals surface area contributed by atoms with Gasteiger partial charge in [-0.15, -0.1) is 11.6 Å². The van der Waals surface area contributed by atoms with E-state index in [1.165, 1.54) is 24.1 Å². The first-order valence-corrected chi connectivity index (χ1v) is 9.87. The number of benzene rings is 2. The van der Waals surface area contributed by atoms with Crippen LogP contribution in [0.1, 0.15) is 33.2 Å². The molecule has 2 aromatic carbocycles. The molecule has 0 saturated carbocycles. The second-order valence-electron chi connectivity index (χ2n) is 7.07. The van der Waals surface area contributed by atoms with Gasteiger partial charge in [-0.25, -0.2) is 9.59 Å². The lowest BCUT2D eigenvalue weighted by atomic mass is 9.87. The van der Waals surface area contributed by atoms with E-state index in [2.05, 4.69) is 4.98 Å². The van der Waals surface area contributed by atoms with Crippen LogP contribution < -0.4 is 0 Å². The van der Waals surface area contributed by atoms with Gasteiger partial charge in [-0.1, -0.05) is 30.3 Å². The van der Waals surface area contributed by atoms with Crippen LogP contribution in [-0.4, -0.2) is 51.9 Å². The summed E-state index contributed by atoms with van der Waals surface area (Å²) < 4.78 is 4.99. The molecule has 0 radical (unpaired) electrons. The summed E-state index contributed by atoms with van der Waals surface area (Å²) >= 11 is 5.89. The minimum Gasteiger partial charge on any atom is -0.478 e. The average molecular weight is 427 g/mol. The van der Waals surface area contributed by atoms with Crippen molar-refractivity contribution in [3.63, 3.8) is 0 Å². The summed E-state index contributed by atoms with van der Waals surface area (Å²) in [5, 5.41) is 10.2. The number of nitrogens with zero attached hydrogens (tertiary/aromatic N) is 1. The highest BCUT2D eigenvalue weighted by molar-refractivity contribution is 6.27. The van der Waals surface area contributed by atoms with Gasteiger partial charge in [-0.2, -0.15) is 0 Å². The van der Waals surface area contributed by atoms with Gasteiger partial charge in [0.05, 0.1) is 18.7 Å². The number of amides is 1. The highest BCUT2D eigenvalue weighted by Crippen LogP contribution is 2.41. The molecule has 2 N–H and O–H groups in total. The number of fused-ring (bicyclic) bond motifs is 3. The van der Waals surface area contributed by atoms with Crippen molar-refractivity contribution in [3.05, 3.63) is 70.9 Å². The maximum atomic E-state index is 12.9. The van der Waals surface area contributed by atoms with E-state index in [0.29, 0.717) is 12.0 Å². The fourth-order valence-electron chi connectivity index (χ4n) is 4.14. The first-order valence-electron chi connectivity index (χ1n) is 9.34. The molecule has 8 heteroatoms. The van der Waals surface area contributed by atoms with Crippen molar-refractivity contribution in [1.82, 2.24) is 9.88 Å². The summed E-state index contributed by atoms with van der Waals surface area (Å²) in [5.74, 6) is -2.29. The van der Waals surface area contributed by atoms with Crippen LogP contribution in [0.5, 0.6) is 0 Å². The number of carboxylic acid groups (broad SMARTS) is 1. The van der Waals surface area contributed by atoms with E-state index in [1.807, 2.05) is 24.3 Å². The molecule has 1 aromatic heterocycles. The van der Waals surface area contributed by atoms with Gasteiger partial charge < -0.3 is 19.7 Å². The molecule has 7 nitrogen and oxygen atoms in total. The predicted octanol–water partition coefficient (Wildman–Crippen LogP) is 3.12. The Hall–Kier alpha value is -3.32. The number of hydrogen-bond acceptors (Lipinski definition) is 4. The maximum absolute atomic E-state index is 12.9. The van der Waals surface area contributed by atoms with Crippen molar-refractivity contribution >= 4 is 40.3 Å². The largest absolute Gasteiger partial charge is 0.478 e. The molecule has 0 bridgehead atoms. The number of methoxy groups -OCH3 is 1. The van der Waals surface area contributed by atoms with Crippen LogP contribution in [0, 0.1) is 0 Å². The van der Waals surface area contributed by atoms with Gasteiger partial charge in [0.25, 0.3) is 0 Å². The van der Waals surface area contributed by atoms with Gasteiger partial charge in [0.2, 0.25) is 5.91 Å². The summed E-state index contributed by atoms with van der Waals surface area (Å²) in [4.78, 5) is 41.6. The number of H-pyrrole nitrogens is 1. The normalized spacial score (nSPS) is 18.1. The first kappa shape index (κ1) is 20.0. The Kier molecular flexibility index (Phi) is 5.22. The lowest BCUT2D eigenvalue weighted by Crippen LogP contribution is -2.52. The fourth-order valence-corrected chi connectivity index (χ4v) is 4.28. The van der Waals surface area contributed by atoms with E-state index in [0.717, 1.165) is 22.2 Å². The SMILES string of the molecule is COC(=O)[C@H]1Cc2c([nH]c3ccccc23)[C@@H](c2ccc(C(=O)O)cc2)N1C(=O)CCl. The second-order valence-corrected chi connectivity index (χ2v) is 7.34. The number of aromatic carboxylic acids is 1. The summed E-state index contributed by atoms with van der Waals surface area (Å²) in [7, 11) is 1.28. The van der Waals surface area contributed by atoms with Crippen LogP contribution in [0.25, 0.3) is 10.9 Å². The number of hydrogen-bond donors (Lipinski definition) is 2. The summed E-state index contributed by atoms with van der Waals surface area (Å²) in [6.07, 6.45) is 0.290. The molecule has 1 aliphatic heterocycles. The molecule has 0 fully saturated rings. The first-order chi connectivity index (χ1) is 14.5. The van der Waals surface area contributed by atoms with E-state index in [4.69, 9.17) is 16.3 Å². The lowest BCUT2D eigenvalue weighted by molar-refractivity contribution is -0.154. The molecule has 1 aliphatic rings. The zero-order chi connectivity index (χ0) is 21.4. The second kappa shape index (κ2) is 7.84. The number of aromatic nitrogens is 1. The maximum Gasteiger partial charge on any atom is 0.335 e. The number of alkyl halides is 1. The number of esters is 1. The molecular weight excluding hydrogens is 408 g/mol. The number of aromatic amines is 1. The standard InChI is InChI=1S/C22H19ClN2O5/c1-30-22(29)17-10-15-14-4-2-3-5-16(14)24-19(15)20(25(17)18(26)11-23)12-6-8-13(9-7-12)21(27)28/h2-9,17,20,24H,10-11H2,1H3,(H,27,28)/t17-,20-/m1/s1. The number of carbonyl (C=O) groups excluding carboxylic acids is 2. The highest BCUT2D eigenvalue weighted by atomic mass is 35.5.